The molecule has 0 spiro atoms. The minimum atomic E-state index is 0.0726. The van der Waals surface area contributed by atoms with E-state index >= 15 is 0 Å². The van der Waals surface area contributed by atoms with Crippen molar-refractivity contribution in [1.29, 1.82) is 0 Å². The number of aryl methyl sites for hydroxylation is 2. The summed E-state index contributed by atoms with van der Waals surface area (Å²) in [6.45, 7) is 12.0. The SMILES string of the molecule is CCCN(CCC(C)CC)Cc1cc2c(=O)n(C)cc(-c3cc(OC)ccc3C)c2s1. The molecule has 2 aromatic heterocycles. The van der Waals surface area contributed by atoms with Crippen LogP contribution in [0.3, 0.4) is 0 Å². The Morgan fingerprint density at radius 3 is 2.61 bits per heavy atom. The highest BCUT2D eigenvalue weighted by molar-refractivity contribution is 7.19. The molecule has 0 N–H and O–H groups in total. The van der Waals surface area contributed by atoms with Crippen molar-refractivity contribution in [2.45, 2.75) is 53.5 Å². The Morgan fingerprint density at radius 1 is 1.16 bits per heavy atom. The van der Waals surface area contributed by atoms with E-state index in [2.05, 4.69) is 50.8 Å². The zero-order valence-corrected chi connectivity index (χ0v) is 20.6. The molecule has 3 rings (SSSR count). The van der Waals surface area contributed by atoms with Gasteiger partial charge < -0.3 is 9.30 Å². The van der Waals surface area contributed by atoms with E-state index in [1.807, 2.05) is 19.3 Å². The molecule has 2 heterocycles. The monoisotopic (exact) mass is 440 g/mol. The summed E-state index contributed by atoms with van der Waals surface area (Å²) in [7, 11) is 3.53. The van der Waals surface area contributed by atoms with E-state index in [0.717, 1.165) is 58.9 Å². The third-order valence-electron chi connectivity index (χ3n) is 6.19. The molecule has 3 aromatic rings. The number of fused-ring (bicyclic) bond motifs is 1. The number of thiophene rings is 1. The molecule has 1 atom stereocenters. The number of ether oxygens (including phenoxy) is 1. The molecule has 4 nitrogen and oxygen atoms in total. The second-order valence-electron chi connectivity index (χ2n) is 8.67. The van der Waals surface area contributed by atoms with Gasteiger partial charge in [0.05, 0.1) is 12.5 Å². The Balaban J connectivity index is 2.02. The molecule has 1 unspecified atom stereocenters. The fourth-order valence-corrected chi connectivity index (χ4v) is 5.22. The van der Waals surface area contributed by atoms with Crippen LogP contribution in [0.2, 0.25) is 0 Å². The summed E-state index contributed by atoms with van der Waals surface area (Å²) in [6, 6.07) is 8.26. The van der Waals surface area contributed by atoms with Gasteiger partial charge in [0.1, 0.15) is 5.75 Å². The fourth-order valence-electron chi connectivity index (χ4n) is 4.00. The third kappa shape index (κ3) is 5.39. The molecule has 168 valence electrons. The fraction of sp³-hybridized carbons (Fsp3) is 0.500. The Kier molecular flexibility index (Phi) is 7.95. The van der Waals surface area contributed by atoms with Crippen LogP contribution in [0.5, 0.6) is 5.75 Å². The third-order valence-corrected chi connectivity index (χ3v) is 7.34. The molecule has 0 radical (unpaired) electrons. The van der Waals surface area contributed by atoms with E-state index in [-0.39, 0.29) is 5.56 Å². The van der Waals surface area contributed by atoms with Gasteiger partial charge in [-0.2, -0.15) is 0 Å². The molecule has 0 fully saturated rings. The zero-order valence-electron chi connectivity index (χ0n) is 19.8. The zero-order chi connectivity index (χ0) is 22.5. The van der Waals surface area contributed by atoms with Gasteiger partial charge in [-0.1, -0.05) is 33.3 Å². The van der Waals surface area contributed by atoms with Crippen LogP contribution in [0.15, 0.2) is 35.3 Å². The Morgan fingerprint density at radius 2 is 1.94 bits per heavy atom. The van der Waals surface area contributed by atoms with Gasteiger partial charge in [-0.15, -0.1) is 11.3 Å². The Bertz CT molecular complexity index is 1080. The molecule has 0 amide bonds. The van der Waals surface area contributed by atoms with Gasteiger partial charge >= 0.3 is 0 Å². The highest BCUT2D eigenvalue weighted by Crippen LogP contribution is 2.36. The second kappa shape index (κ2) is 10.5. The van der Waals surface area contributed by atoms with Crippen LogP contribution < -0.4 is 10.3 Å². The Hall–Kier alpha value is -2.11. The topological polar surface area (TPSA) is 34.5 Å². The van der Waals surface area contributed by atoms with Gasteiger partial charge in [0.15, 0.2) is 0 Å². The molecule has 0 aliphatic rings. The molecule has 5 heteroatoms. The number of pyridine rings is 1. The van der Waals surface area contributed by atoms with Crippen molar-refractivity contribution < 1.29 is 4.74 Å². The molecule has 1 aromatic carbocycles. The molecule has 0 saturated heterocycles. The first-order chi connectivity index (χ1) is 14.9. The maximum Gasteiger partial charge on any atom is 0.259 e. The van der Waals surface area contributed by atoms with Gasteiger partial charge in [-0.05, 0) is 68.1 Å². The molecule has 0 saturated carbocycles. The van der Waals surface area contributed by atoms with Gasteiger partial charge in [-0.3, -0.25) is 9.69 Å². The van der Waals surface area contributed by atoms with Crippen molar-refractivity contribution in [3.63, 3.8) is 0 Å². The number of hydrogen-bond acceptors (Lipinski definition) is 4. The van der Waals surface area contributed by atoms with E-state index in [1.165, 1.54) is 23.3 Å². The highest BCUT2D eigenvalue weighted by Gasteiger charge is 2.17. The van der Waals surface area contributed by atoms with Crippen LogP contribution in [0.1, 0.15) is 50.5 Å². The normalized spacial score (nSPS) is 12.6. The van der Waals surface area contributed by atoms with Crippen LogP contribution >= 0.6 is 11.3 Å². The predicted octanol–water partition coefficient (Wildman–Crippen LogP) is 6.23. The average molecular weight is 441 g/mol. The molecule has 31 heavy (non-hydrogen) atoms. The standard InChI is InChI=1S/C26H36N2O2S/c1-7-12-28(13-11-18(3)8-2)16-21-15-23-25(31-21)24(17-27(5)26(23)29)22-14-20(30-6)10-9-19(22)4/h9-10,14-15,17-18H,7-8,11-13,16H2,1-6H3. The van der Waals surface area contributed by atoms with Crippen molar-refractivity contribution in [3.8, 4) is 16.9 Å². The Labute approximate surface area is 190 Å². The lowest BCUT2D eigenvalue weighted by Crippen LogP contribution is -2.26. The first kappa shape index (κ1) is 23.6. The average Bonchev–Trinajstić information content (AvgIpc) is 3.19. The quantitative estimate of drug-likeness (QED) is 0.375. The summed E-state index contributed by atoms with van der Waals surface area (Å²) >= 11 is 1.76. The summed E-state index contributed by atoms with van der Waals surface area (Å²) in [6.07, 6.45) is 5.56. The van der Waals surface area contributed by atoms with Gasteiger partial charge in [0.2, 0.25) is 0 Å². The number of methoxy groups -OCH3 is 1. The molecule has 0 bridgehead atoms. The van der Waals surface area contributed by atoms with Crippen molar-refractivity contribution in [1.82, 2.24) is 9.47 Å². The van der Waals surface area contributed by atoms with E-state index in [9.17, 15) is 4.79 Å². The first-order valence-corrected chi connectivity index (χ1v) is 12.2. The van der Waals surface area contributed by atoms with E-state index < -0.39 is 0 Å². The van der Waals surface area contributed by atoms with E-state index in [1.54, 1.807) is 23.0 Å². The van der Waals surface area contributed by atoms with Crippen LogP contribution in [-0.4, -0.2) is 29.7 Å². The van der Waals surface area contributed by atoms with Gasteiger partial charge in [-0.25, -0.2) is 0 Å². The van der Waals surface area contributed by atoms with Crippen LogP contribution in [0, 0.1) is 12.8 Å². The lowest BCUT2D eigenvalue weighted by Gasteiger charge is -2.22. The van der Waals surface area contributed by atoms with Crippen LogP contribution in [0.25, 0.3) is 21.2 Å². The van der Waals surface area contributed by atoms with E-state index in [0.29, 0.717) is 0 Å². The maximum absolute atomic E-state index is 12.9. The summed E-state index contributed by atoms with van der Waals surface area (Å²) < 4.78 is 8.25. The summed E-state index contributed by atoms with van der Waals surface area (Å²) in [5.74, 6) is 1.58. The summed E-state index contributed by atoms with van der Waals surface area (Å²) in [4.78, 5) is 16.7. The van der Waals surface area contributed by atoms with Crippen molar-refractivity contribution in [2.75, 3.05) is 20.2 Å². The number of nitrogens with zero attached hydrogens (tertiary/aromatic N) is 2. The largest absolute Gasteiger partial charge is 0.497 e. The lowest BCUT2D eigenvalue weighted by molar-refractivity contribution is 0.247. The van der Waals surface area contributed by atoms with Crippen molar-refractivity contribution >= 4 is 21.4 Å². The summed E-state index contributed by atoms with van der Waals surface area (Å²) in [5, 5.41) is 0.820. The minimum Gasteiger partial charge on any atom is -0.497 e. The number of aromatic nitrogens is 1. The minimum absolute atomic E-state index is 0.0726. The first-order valence-electron chi connectivity index (χ1n) is 11.4. The summed E-state index contributed by atoms with van der Waals surface area (Å²) in [5.41, 5.74) is 3.47. The van der Waals surface area contributed by atoms with Crippen molar-refractivity contribution in [3.05, 3.63) is 51.3 Å². The lowest BCUT2D eigenvalue weighted by atomic mass is 10.0. The molecular formula is C26H36N2O2S. The number of hydrogen-bond donors (Lipinski definition) is 0. The molecule has 0 aliphatic heterocycles. The smallest absolute Gasteiger partial charge is 0.259 e. The predicted molar refractivity (Wildman–Crippen MR) is 133 cm³/mol. The van der Waals surface area contributed by atoms with Gasteiger partial charge in [0.25, 0.3) is 5.56 Å². The van der Waals surface area contributed by atoms with Crippen LogP contribution in [0.4, 0.5) is 0 Å². The highest BCUT2D eigenvalue weighted by atomic mass is 32.1. The number of rotatable bonds is 10. The van der Waals surface area contributed by atoms with Crippen molar-refractivity contribution in [2.24, 2.45) is 13.0 Å². The van der Waals surface area contributed by atoms with Gasteiger partial charge in [0, 0.05) is 34.9 Å². The van der Waals surface area contributed by atoms with E-state index in [4.69, 9.17) is 4.74 Å². The maximum atomic E-state index is 12.9. The molecular weight excluding hydrogens is 404 g/mol. The second-order valence-corrected chi connectivity index (χ2v) is 9.81. The van der Waals surface area contributed by atoms with Crippen LogP contribution in [-0.2, 0) is 13.6 Å². The molecule has 0 aliphatic carbocycles. The number of benzene rings is 1.